The molecule has 1 saturated heterocycles. The van der Waals surface area contributed by atoms with E-state index in [0.717, 1.165) is 12.8 Å². The van der Waals surface area contributed by atoms with Crippen molar-refractivity contribution in [3.05, 3.63) is 17.6 Å². The second kappa shape index (κ2) is 5.83. The number of rotatable bonds is 4. The van der Waals surface area contributed by atoms with Crippen LogP contribution in [0.3, 0.4) is 0 Å². The summed E-state index contributed by atoms with van der Waals surface area (Å²) in [5.74, 6) is 1.04. The van der Waals surface area contributed by atoms with Crippen molar-refractivity contribution in [3.63, 3.8) is 0 Å². The molecule has 1 fully saturated rings. The minimum atomic E-state index is -3.49. The van der Waals surface area contributed by atoms with Crippen LogP contribution in [0.4, 0.5) is 0 Å². The van der Waals surface area contributed by atoms with Crippen LogP contribution in [0, 0.1) is 6.92 Å². The molecular formula is C12H18ClNO4S. The second-order valence-corrected chi connectivity index (χ2v) is 6.78. The lowest BCUT2D eigenvalue weighted by atomic mass is 10.1. The summed E-state index contributed by atoms with van der Waals surface area (Å²) in [4.78, 5) is 0.221. The van der Waals surface area contributed by atoms with Crippen LogP contribution in [0.25, 0.3) is 0 Å². The summed E-state index contributed by atoms with van der Waals surface area (Å²) in [7, 11) is -1.83. The number of hydrogen-bond donors (Lipinski definition) is 0. The molecule has 0 aromatic carbocycles. The van der Waals surface area contributed by atoms with Crippen LogP contribution in [0.1, 0.15) is 24.4 Å². The Labute approximate surface area is 118 Å². The zero-order valence-electron chi connectivity index (χ0n) is 11.1. The number of sulfonamides is 1. The molecule has 0 aliphatic carbocycles. The maximum absolute atomic E-state index is 12.5. The van der Waals surface area contributed by atoms with Crippen LogP contribution in [-0.4, -0.2) is 39.0 Å². The molecule has 0 bridgehead atoms. The number of halogens is 1. The normalized spacial score (nSPS) is 18.9. The Morgan fingerprint density at radius 3 is 2.58 bits per heavy atom. The Bertz CT molecular complexity index is 532. The van der Waals surface area contributed by atoms with E-state index in [4.69, 9.17) is 20.8 Å². The molecule has 7 heteroatoms. The first-order chi connectivity index (χ1) is 8.98. The first-order valence-corrected chi connectivity index (χ1v) is 8.14. The van der Waals surface area contributed by atoms with E-state index in [1.54, 1.807) is 14.0 Å². The quantitative estimate of drug-likeness (QED) is 0.800. The summed E-state index contributed by atoms with van der Waals surface area (Å²) in [6.07, 6.45) is 1.58. The largest absolute Gasteiger partial charge is 0.464 e. The molecule has 0 radical (unpaired) electrons. The number of aryl methyl sites for hydroxylation is 1. The average Bonchev–Trinajstić information content (AvgIpc) is 2.81. The number of ether oxygens (including phenoxy) is 1. The summed E-state index contributed by atoms with van der Waals surface area (Å²) in [6, 6.07) is 1.51. The van der Waals surface area contributed by atoms with E-state index in [2.05, 4.69) is 0 Å². The van der Waals surface area contributed by atoms with Crippen molar-refractivity contribution >= 4 is 21.6 Å². The summed E-state index contributed by atoms with van der Waals surface area (Å²) in [5.41, 5.74) is 0. The van der Waals surface area contributed by atoms with E-state index in [1.807, 2.05) is 0 Å². The number of piperidine rings is 1. The lowest BCUT2D eigenvalue weighted by molar-refractivity contribution is 0.0604. The fourth-order valence-electron chi connectivity index (χ4n) is 2.29. The molecule has 2 rings (SSSR count). The van der Waals surface area contributed by atoms with Gasteiger partial charge in [-0.25, -0.2) is 8.42 Å². The van der Waals surface area contributed by atoms with Gasteiger partial charge in [0.2, 0.25) is 10.0 Å². The zero-order chi connectivity index (χ0) is 14.0. The fourth-order valence-corrected chi connectivity index (χ4v) is 4.08. The highest BCUT2D eigenvalue weighted by atomic mass is 35.5. The molecule has 1 aromatic heterocycles. The molecule has 0 atom stereocenters. The van der Waals surface area contributed by atoms with E-state index in [9.17, 15) is 8.42 Å². The summed E-state index contributed by atoms with van der Waals surface area (Å²) < 4.78 is 37.1. The Morgan fingerprint density at radius 1 is 1.47 bits per heavy atom. The van der Waals surface area contributed by atoms with Gasteiger partial charge >= 0.3 is 0 Å². The molecule has 0 spiro atoms. The highest BCUT2D eigenvalue weighted by molar-refractivity contribution is 7.89. The number of nitrogens with zero attached hydrogens (tertiary/aromatic N) is 1. The third kappa shape index (κ3) is 2.97. The van der Waals surface area contributed by atoms with Gasteiger partial charge in [-0.2, -0.15) is 4.31 Å². The average molecular weight is 308 g/mol. The van der Waals surface area contributed by atoms with Crippen LogP contribution in [0.15, 0.2) is 15.4 Å². The Balaban J connectivity index is 2.20. The molecular weight excluding hydrogens is 290 g/mol. The van der Waals surface area contributed by atoms with Gasteiger partial charge in [-0.3, -0.25) is 0 Å². The van der Waals surface area contributed by atoms with Crippen LogP contribution in [-0.2, 0) is 20.6 Å². The number of alkyl halides is 1. The first-order valence-electron chi connectivity index (χ1n) is 6.17. The van der Waals surface area contributed by atoms with Crippen molar-refractivity contribution in [2.24, 2.45) is 0 Å². The van der Waals surface area contributed by atoms with Crippen LogP contribution >= 0.6 is 11.6 Å². The Morgan fingerprint density at radius 2 is 2.11 bits per heavy atom. The zero-order valence-corrected chi connectivity index (χ0v) is 12.6. The van der Waals surface area contributed by atoms with Gasteiger partial charge in [-0.15, -0.1) is 11.6 Å². The predicted molar refractivity (Wildman–Crippen MR) is 71.8 cm³/mol. The minimum absolute atomic E-state index is 0.148. The third-order valence-corrected chi connectivity index (χ3v) is 5.68. The smallest absolute Gasteiger partial charge is 0.246 e. The maximum atomic E-state index is 12.5. The van der Waals surface area contributed by atoms with Crippen molar-refractivity contribution in [1.29, 1.82) is 0 Å². The minimum Gasteiger partial charge on any atom is -0.464 e. The van der Waals surface area contributed by atoms with E-state index in [-0.39, 0.29) is 16.9 Å². The van der Waals surface area contributed by atoms with E-state index < -0.39 is 10.0 Å². The summed E-state index contributed by atoms with van der Waals surface area (Å²) >= 11 is 5.67. The summed E-state index contributed by atoms with van der Waals surface area (Å²) in [6.45, 7) is 2.59. The third-order valence-electron chi connectivity index (χ3n) is 3.41. The molecule has 2 heterocycles. The van der Waals surface area contributed by atoms with Gasteiger partial charge in [-0.05, 0) is 19.8 Å². The van der Waals surface area contributed by atoms with Gasteiger partial charge in [0.1, 0.15) is 16.4 Å². The predicted octanol–water partition coefficient (Wildman–Crippen LogP) is 2.13. The Kier molecular flexibility index (Phi) is 4.55. The molecule has 1 aliphatic heterocycles. The molecule has 19 heavy (non-hydrogen) atoms. The molecule has 5 nitrogen and oxygen atoms in total. The van der Waals surface area contributed by atoms with Gasteiger partial charge in [0.05, 0.1) is 12.0 Å². The molecule has 0 N–H and O–H groups in total. The number of methoxy groups -OCH3 is 1. The van der Waals surface area contributed by atoms with Gasteiger partial charge < -0.3 is 9.15 Å². The van der Waals surface area contributed by atoms with Crippen molar-refractivity contribution in [2.75, 3.05) is 20.2 Å². The van der Waals surface area contributed by atoms with Crippen LogP contribution < -0.4 is 0 Å². The van der Waals surface area contributed by atoms with Gasteiger partial charge in [0, 0.05) is 26.3 Å². The highest BCUT2D eigenvalue weighted by Crippen LogP contribution is 2.27. The van der Waals surface area contributed by atoms with E-state index in [1.165, 1.54) is 10.4 Å². The molecule has 1 aromatic rings. The maximum Gasteiger partial charge on any atom is 0.246 e. The van der Waals surface area contributed by atoms with Gasteiger partial charge in [0.15, 0.2) is 0 Å². The first kappa shape index (κ1) is 14.8. The molecule has 1 aliphatic rings. The Hall–Kier alpha value is -0.560. The number of hydrogen-bond acceptors (Lipinski definition) is 4. The van der Waals surface area contributed by atoms with Crippen molar-refractivity contribution in [3.8, 4) is 0 Å². The van der Waals surface area contributed by atoms with Gasteiger partial charge in [-0.1, -0.05) is 0 Å². The lowest BCUT2D eigenvalue weighted by Crippen LogP contribution is -2.40. The summed E-state index contributed by atoms with van der Waals surface area (Å²) in [5, 5.41) is 0. The molecule has 0 saturated carbocycles. The van der Waals surface area contributed by atoms with E-state index in [0.29, 0.717) is 24.6 Å². The molecule has 108 valence electrons. The monoisotopic (exact) mass is 307 g/mol. The van der Waals surface area contributed by atoms with Gasteiger partial charge in [0.25, 0.3) is 0 Å². The van der Waals surface area contributed by atoms with Crippen molar-refractivity contribution in [1.82, 2.24) is 4.31 Å². The number of furan rings is 1. The standard InChI is InChI=1S/C12H18ClNO4S/c1-9-12(7-11(8-13)18-9)19(15,16)14-5-3-10(17-2)4-6-14/h7,10H,3-6,8H2,1-2H3. The lowest BCUT2D eigenvalue weighted by Gasteiger charge is -2.30. The SMILES string of the molecule is COC1CCN(S(=O)(=O)c2cc(CCl)oc2C)CC1. The fraction of sp³-hybridized carbons (Fsp3) is 0.667. The van der Waals surface area contributed by atoms with Crippen molar-refractivity contribution < 1.29 is 17.6 Å². The highest BCUT2D eigenvalue weighted by Gasteiger charge is 2.32. The molecule has 0 amide bonds. The topological polar surface area (TPSA) is 59.8 Å². The van der Waals surface area contributed by atoms with Crippen LogP contribution in [0.2, 0.25) is 0 Å². The van der Waals surface area contributed by atoms with Crippen molar-refractivity contribution in [2.45, 2.75) is 36.6 Å². The van der Waals surface area contributed by atoms with E-state index >= 15 is 0 Å². The second-order valence-electron chi connectivity index (χ2n) is 4.61. The molecule has 0 unspecified atom stereocenters. The van der Waals surface area contributed by atoms with Crippen LogP contribution in [0.5, 0.6) is 0 Å².